The standard InChI is InChI=1S/C12H7F2NO2/c13-8-3-1-7(2-4-8)11-9(12(16)17)5-6-10(14)15-11/h1-6H,(H,16,17). The number of pyridine rings is 1. The molecule has 0 saturated heterocycles. The van der Waals surface area contributed by atoms with Gasteiger partial charge in [0.1, 0.15) is 5.82 Å². The topological polar surface area (TPSA) is 50.2 Å². The van der Waals surface area contributed by atoms with E-state index in [0.717, 1.165) is 24.3 Å². The van der Waals surface area contributed by atoms with Gasteiger partial charge in [0.05, 0.1) is 11.3 Å². The van der Waals surface area contributed by atoms with Crippen LogP contribution >= 0.6 is 0 Å². The first-order chi connectivity index (χ1) is 8.08. The Balaban J connectivity index is 2.60. The zero-order valence-corrected chi connectivity index (χ0v) is 8.52. The van der Waals surface area contributed by atoms with Crippen LogP contribution in [0, 0.1) is 11.8 Å². The lowest BCUT2D eigenvalue weighted by molar-refractivity contribution is 0.0697. The number of hydrogen-bond acceptors (Lipinski definition) is 2. The second-order valence-corrected chi connectivity index (χ2v) is 3.34. The summed E-state index contributed by atoms with van der Waals surface area (Å²) in [5.41, 5.74) is 0.207. The highest BCUT2D eigenvalue weighted by molar-refractivity contribution is 5.94. The summed E-state index contributed by atoms with van der Waals surface area (Å²) in [6.07, 6.45) is 0. The van der Waals surface area contributed by atoms with Gasteiger partial charge in [-0.25, -0.2) is 14.2 Å². The molecule has 1 heterocycles. The lowest BCUT2D eigenvalue weighted by Crippen LogP contribution is -2.02. The SMILES string of the molecule is O=C(O)c1ccc(F)nc1-c1ccc(F)cc1. The molecule has 2 rings (SSSR count). The van der Waals surface area contributed by atoms with E-state index in [-0.39, 0.29) is 11.3 Å². The fraction of sp³-hybridized carbons (Fsp3) is 0. The van der Waals surface area contributed by atoms with Crippen LogP contribution in [0.4, 0.5) is 8.78 Å². The van der Waals surface area contributed by atoms with Crippen LogP contribution in [-0.4, -0.2) is 16.1 Å². The average molecular weight is 235 g/mol. The van der Waals surface area contributed by atoms with Crippen molar-refractivity contribution in [3.63, 3.8) is 0 Å². The molecule has 1 aromatic heterocycles. The zero-order valence-electron chi connectivity index (χ0n) is 8.52. The first kappa shape index (κ1) is 11.2. The minimum Gasteiger partial charge on any atom is -0.478 e. The molecule has 0 amide bonds. The van der Waals surface area contributed by atoms with Crippen LogP contribution in [0.25, 0.3) is 11.3 Å². The maximum absolute atomic E-state index is 13.0. The number of benzene rings is 1. The third-order valence-corrected chi connectivity index (χ3v) is 2.21. The Morgan fingerprint density at radius 1 is 1.06 bits per heavy atom. The monoisotopic (exact) mass is 235 g/mol. The second-order valence-electron chi connectivity index (χ2n) is 3.34. The first-order valence-corrected chi connectivity index (χ1v) is 4.73. The molecule has 1 N–H and O–H groups in total. The number of aromatic carboxylic acids is 1. The summed E-state index contributed by atoms with van der Waals surface area (Å²) >= 11 is 0. The van der Waals surface area contributed by atoms with E-state index >= 15 is 0 Å². The largest absolute Gasteiger partial charge is 0.478 e. The number of halogens is 2. The Labute approximate surface area is 95.4 Å². The highest BCUT2D eigenvalue weighted by atomic mass is 19.1. The van der Waals surface area contributed by atoms with Crippen LogP contribution in [-0.2, 0) is 0 Å². The maximum Gasteiger partial charge on any atom is 0.337 e. The van der Waals surface area contributed by atoms with Gasteiger partial charge in [-0.2, -0.15) is 4.39 Å². The van der Waals surface area contributed by atoms with E-state index in [4.69, 9.17) is 5.11 Å². The normalized spacial score (nSPS) is 10.2. The van der Waals surface area contributed by atoms with Gasteiger partial charge in [0.25, 0.3) is 0 Å². The van der Waals surface area contributed by atoms with Gasteiger partial charge in [0, 0.05) is 5.56 Å². The lowest BCUT2D eigenvalue weighted by atomic mass is 10.1. The Kier molecular flexibility index (Phi) is 2.82. The Morgan fingerprint density at radius 2 is 1.71 bits per heavy atom. The molecule has 0 atom stereocenters. The van der Waals surface area contributed by atoms with Crippen molar-refractivity contribution in [3.8, 4) is 11.3 Å². The molecule has 0 aliphatic carbocycles. The van der Waals surface area contributed by atoms with Crippen molar-refractivity contribution < 1.29 is 18.7 Å². The molecular weight excluding hydrogens is 228 g/mol. The van der Waals surface area contributed by atoms with E-state index in [1.165, 1.54) is 12.1 Å². The molecule has 17 heavy (non-hydrogen) atoms. The molecule has 0 radical (unpaired) electrons. The summed E-state index contributed by atoms with van der Waals surface area (Å²) in [5.74, 6) is -2.45. The van der Waals surface area contributed by atoms with Gasteiger partial charge in [-0.05, 0) is 36.4 Å². The third kappa shape index (κ3) is 2.28. The Bertz CT molecular complexity index is 567. The Morgan fingerprint density at radius 3 is 2.29 bits per heavy atom. The number of carbonyl (C=O) groups is 1. The number of rotatable bonds is 2. The first-order valence-electron chi connectivity index (χ1n) is 4.73. The van der Waals surface area contributed by atoms with E-state index in [0.29, 0.717) is 5.56 Å². The Hall–Kier alpha value is -2.30. The molecule has 0 aliphatic rings. The summed E-state index contributed by atoms with van der Waals surface area (Å²) in [7, 11) is 0. The van der Waals surface area contributed by atoms with Gasteiger partial charge in [0.2, 0.25) is 5.95 Å². The minimum absolute atomic E-state index is 0.0162. The molecule has 86 valence electrons. The summed E-state index contributed by atoms with van der Waals surface area (Å²) in [6, 6.07) is 7.12. The molecule has 5 heteroatoms. The molecule has 1 aromatic carbocycles. The summed E-state index contributed by atoms with van der Waals surface area (Å²) in [4.78, 5) is 14.5. The van der Waals surface area contributed by atoms with Gasteiger partial charge in [-0.15, -0.1) is 0 Å². The molecule has 0 spiro atoms. The van der Waals surface area contributed by atoms with E-state index in [2.05, 4.69) is 4.98 Å². The van der Waals surface area contributed by atoms with Crippen molar-refractivity contribution in [1.29, 1.82) is 0 Å². The summed E-state index contributed by atoms with van der Waals surface area (Å²) < 4.78 is 25.7. The molecule has 0 aliphatic heterocycles. The van der Waals surface area contributed by atoms with Crippen molar-refractivity contribution in [2.24, 2.45) is 0 Å². The second kappa shape index (κ2) is 4.29. The van der Waals surface area contributed by atoms with Crippen molar-refractivity contribution in [1.82, 2.24) is 4.98 Å². The minimum atomic E-state index is -1.21. The number of hydrogen-bond donors (Lipinski definition) is 1. The van der Waals surface area contributed by atoms with E-state index in [9.17, 15) is 13.6 Å². The van der Waals surface area contributed by atoms with Crippen molar-refractivity contribution in [3.05, 3.63) is 53.7 Å². The number of aromatic nitrogens is 1. The third-order valence-electron chi connectivity index (χ3n) is 2.21. The van der Waals surface area contributed by atoms with Gasteiger partial charge in [-0.1, -0.05) is 0 Å². The lowest BCUT2D eigenvalue weighted by Gasteiger charge is -2.05. The van der Waals surface area contributed by atoms with Crippen LogP contribution in [0.15, 0.2) is 36.4 Å². The van der Waals surface area contributed by atoms with Crippen molar-refractivity contribution in [2.45, 2.75) is 0 Å². The smallest absolute Gasteiger partial charge is 0.337 e. The van der Waals surface area contributed by atoms with Crippen LogP contribution in [0.2, 0.25) is 0 Å². The highest BCUT2D eigenvalue weighted by Crippen LogP contribution is 2.22. The zero-order chi connectivity index (χ0) is 12.4. The summed E-state index contributed by atoms with van der Waals surface area (Å²) in [6.45, 7) is 0. The summed E-state index contributed by atoms with van der Waals surface area (Å²) in [5, 5.41) is 8.94. The maximum atomic E-state index is 13.0. The highest BCUT2D eigenvalue weighted by Gasteiger charge is 2.14. The van der Waals surface area contributed by atoms with Gasteiger partial charge >= 0.3 is 5.97 Å². The molecule has 2 aromatic rings. The van der Waals surface area contributed by atoms with Gasteiger partial charge < -0.3 is 5.11 Å². The molecule has 3 nitrogen and oxygen atoms in total. The average Bonchev–Trinajstić information content (AvgIpc) is 2.29. The van der Waals surface area contributed by atoms with Gasteiger partial charge in [0.15, 0.2) is 0 Å². The number of carboxylic acids is 1. The predicted molar refractivity (Wildman–Crippen MR) is 56.5 cm³/mol. The molecule has 0 bridgehead atoms. The van der Waals surface area contributed by atoms with E-state index in [1.807, 2.05) is 0 Å². The van der Waals surface area contributed by atoms with Crippen LogP contribution in [0.3, 0.4) is 0 Å². The van der Waals surface area contributed by atoms with Crippen LogP contribution < -0.4 is 0 Å². The van der Waals surface area contributed by atoms with Crippen molar-refractivity contribution >= 4 is 5.97 Å². The molecule has 0 fully saturated rings. The van der Waals surface area contributed by atoms with Crippen molar-refractivity contribution in [2.75, 3.05) is 0 Å². The molecule has 0 unspecified atom stereocenters. The van der Waals surface area contributed by atoms with Gasteiger partial charge in [-0.3, -0.25) is 0 Å². The molecule has 0 saturated carbocycles. The molecular formula is C12H7F2NO2. The van der Waals surface area contributed by atoms with E-state index < -0.39 is 17.7 Å². The van der Waals surface area contributed by atoms with Crippen LogP contribution in [0.1, 0.15) is 10.4 Å². The quantitative estimate of drug-likeness (QED) is 0.814. The number of nitrogens with zero attached hydrogens (tertiary/aromatic N) is 1. The van der Waals surface area contributed by atoms with E-state index in [1.54, 1.807) is 0 Å². The number of carboxylic acid groups (broad SMARTS) is 1. The fourth-order valence-electron chi connectivity index (χ4n) is 1.44. The predicted octanol–water partition coefficient (Wildman–Crippen LogP) is 2.73. The van der Waals surface area contributed by atoms with Crippen LogP contribution in [0.5, 0.6) is 0 Å². The fourth-order valence-corrected chi connectivity index (χ4v) is 1.44.